The molecule has 2 amide bonds. The number of hydrogen-bond donors (Lipinski definition) is 0. The summed E-state index contributed by atoms with van der Waals surface area (Å²) in [5, 5.41) is 0. The van der Waals surface area contributed by atoms with Crippen LogP contribution in [-0.4, -0.2) is 46.7 Å². The van der Waals surface area contributed by atoms with E-state index >= 15 is 0 Å². The van der Waals surface area contributed by atoms with E-state index in [9.17, 15) is 9.59 Å². The van der Waals surface area contributed by atoms with E-state index in [0.29, 0.717) is 25.8 Å². The molecule has 0 saturated carbocycles. The molecule has 5 nitrogen and oxygen atoms in total. The van der Waals surface area contributed by atoms with Crippen molar-refractivity contribution < 1.29 is 9.59 Å². The van der Waals surface area contributed by atoms with Gasteiger partial charge in [0.05, 0.1) is 12.2 Å². The number of hydrogen-bond acceptors (Lipinski definition) is 3. The van der Waals surface area contributed by atoms with E-state index in [2.05, 4.69) is 18.8 Å². The number of pyridine rings is 1. The summed E-state index contributed by atoms with van der Waals surface area (Å²) in [5.41, 5.74) is 0.872. The summed E-state index contributed by atoms with van der Waals surface area (Å²) < 4.78 is 0. The lowest BCUT2D eigenvalue weighted by atomic mass is 10.2. The van der Waals surface area contributed by atoms with Crippen molar-refractivity contribution in [2.24, 2.45) is 0 Å². The van der Waals surface area contributed by atoms with Crippen molar-refractivity contribution in [3.63, 3.8) is 0 Å². The lowest BCUT2D eigenvalue weighted by Crippen LogP contribution is -2.32. The molecular formula is C18H29N3O2. The fraction of sp³-hybridized carbons (Fsp3) is 0.611. The fourth-order valence-electron chi connectivity index (χ4n) is 2.46. The molecule has 0 aliphatic rings. The molecule has 0 N–H and O–H groups in total. The van der Waals surface area contributed by atoms with Gasteiger partial charge in [0.1, 0.15) is 0 Å². The first kappa shape index (κ1) is 19.1. The normalized spacial score (nSPS) is 10.4. The molecule has 0 aromatic carbocycles. The van der Waals surface area contributed by atoms with Crippen LogP contribution in [0, 0.1) is 0 Å². The van der Waals surface area contributed by atoms with Gasteiger partial charge in [0, 0.05) is 39.2 Å². The zero-order valence-corrected chi connectivity index (χ0v) is 14.6. The van der Waals surface area contributed by atoms with Gasteiger partial charge < -0.3 is 9.80 Å². The van der Waals surface area contributed by atoms with Crippen molar-refractivity contribution >= 4 is 11.8 Å². The molecule has 128 valence electrons. The molecule has 0 fully saturated rings. The maximum Gasteiger partial charge on any atom is 0.222 e. The first-order valence-corrected chi connectivity index (χ1v) is 8.50. The van der Waals surface area contributed by atoms with E-state index in [0.717, 1.165) is 31.6 Å². The fourth-order valence-corrected chi connectivity index (χ4v) is 2.46. The van der Waals surface area contributed by atoms with Crippen molar-refractivity contribution in [2.75, 3.05) is 20.1 Å². The highest BCUT2D eigenvalue weighted by atomic mass is 16.2. The Balaban J connectivity index is 2.33. The second-order valence-electron chi connectivity index (χ2n) is 5.81. The van der Waals surface area contributed by atoms with Crippen LogP contribution >= 0.6 is 0 Å². The molecule has 1 heterocycles. The van der Waals surface area contributed by atoms with Gasteiger partial charge >= 0.3 is 0 Å². The molecule has 0 spiro atoms. The molecule has 1 aromatic heterocycles. The smallest absolute Gasteiger partial charge is 0.222 e. The Morgan fingerprint density at radius 1 is 1.04 bits per heavy atom. The third-order valence-corrected chi connectivity index (χ3v) is 3.67. The zero-order valence-electron chi connectivity index (χ0n) is 14.6. The first-order valence-electron chi connectivity index (χ1n) is 8.50. The van der Waals surface area contributed by atoms with Crippen LogP contribution < -0.4 is 0 Å². The third kappa shape index (κ3) is 7.26. The highest BCUT2D eigenvalue weighted by molar-refractivity contribution is 5.78. The van der Waals surface area contributed by atoms with Gasteiger partial charge in [-0.3, -0.25) is 14.6 Å². The molecule has 5 heteroatoms. The molecule has 0 aliphatic carbocycles. The summed E-state index contributed by atoms with van der Waals surface area (Å²) in [7, 11) is 1.78. The zero-order chi connectivity index (χ0) is 17.1. The number of carbonyl (C=O) groups is 2. The number of carbonyl (C=O) groups excluding carboxylic acids is 2. The predicted octanol–water partition coefficient (Wildman–Crippen LogP) is 2.86. The average Bonchev–Trinajstić information content (AvgIpc) is 2.55. The largest absolute Gasteiger partial charge is 0.343 e. The number of nitrogens with zero attached hydrogens (tertiary/aromatic N) is 3. The Hall–Kier alpha value is -1.91. The Labute approximate surface area is 139 Å². The summed E-state index contributed by atoms with van der Waals surface area (Å²) in [6, 6.07) is 5.67. The average molecular weight is 319 g/mol. The van der Waals surface area contributed by atoms with Crippen LogP contribution in [0.3, 0.4) is 0 Å². The topological polar surface area (TPSA) is 53.5 Å². The molecule has 1 rings (SSSR count). The summed E-state index contributed by atoms with van der Waals surface area (Å²) >= 11 is 0. The molecule has 1 aromatic rings. The van der Waals surface area contributed by atoms with Gasteiger partial charge in [0.15, 0.2) is 0 Å². The SMILES string of the molecule is CCCN(CCC)C(=O)CCCC(=O)N(C)Cc1ccccn1. The summed E-state index contributed by atoms with van der Waals surface area (Å²) in [6.45, 7) is 6.27. The van der Waals surface area contributed by atoms with Crippen LogP contribution in [0.5, 0.6) is 0 Å². The van der Waals surface area contributed by atoms with Gasteiger partial charge in [-0.2, -0.15) is 0 Å². The first-order chi connectivity index (χ1) is 11.1. The predicted molar refractivity (Wildman–Crippen MR) is 91.7 cm³/mol. The van der Waals surface area contributed by atoms with Crippen molar-refractivity contribution in [1.82, 2.24) is 14.8 Å². The van der Waals surface area contributed by atoms with Crippen LogP contribution in [0.15, 0.2) is 24.4 Å². The molecule has 0 atom stereocenters. The van der Waals surface area contributed by atoms with Crippen molar-refractivity contribution in [3.8, 4) is 0 Å². The van der Waals surface area contributed by atoms with Gasteiger partial charge in [0.25, 0.3) is 0 Å². The molecule has 0 bridgehead atoms. The van der Waals surface area contributed by atoms with Crippen molar-refractivity contribution in [2.45, 2.75) is 52.5 Å². The van der Waals surface area contributed by atoms with Crippen LogP contribution in [0.25, 0.3) is 0 Å². The maximum absolute atomic E-state index is 12.2. The molecule has 0 saturated heterocycles. The van der Waals surface area contributed by atoms with Gasteiger partial charge in [-0.15, -0.1) is 0 Å². The summed E-state index contributed by atoms with van der Waals surface area (Å²) in [6.07, 6.45) is 5.12. The van der Waals surface area contributed by atoms with E-state index in [-0.39, 0.29) is 11.8 Å². The highest BCUT2D eigenvalue weighted by Crippen LogP contribution is 2.07. The number of rotatable bonds is 10. The van der Waals surface area contributed by atoms with Crippen LogP contribution in [-0.2, 0) is 16.1 Å². The second-order valence-corrected chi connectivity index (χ2v) is 5.81. The summed E-state index contributed by atoms with van der Waals surface area (Å²) in [5.74, 6) is 0.217. The minimum Gasteiger partial charge on any atom is -0.343 e. The quantitative estimate of drug-likeness (QED) is 0.666. The molecule has 0 radical (unpaired) electrons. The molecule has 23 heavy (non-hydrogen) atoms. The Kier molecular flexibility index (Phi) is 8.95. The standard InChI is InChI=1S/C18H29N3O2/c1-4-13-21(14-5-2)18(23)11-8-10-17(22)20(3)15-16-9-6-7-12-19-16/h6-7,9,12H,4-5,8,10-11,13-15H2,1-3H3. The van der Waals surface area contributed by atoms with Gasteiger partial charge in [-0.1, -0.05) is 19.9 Å². The van der Waals surface area contributed by atoms with Gasteiger partial charge in [-0.05, 0) is 31.4 Å². The van der Waals surface area contributed by atoms with Crippen molar-refractivity contribution in [1.29, 1.82) is 0 Å². The minimum absolute atomic E-state index is 0.0565. The summed E-state index contributed by atoms with van der Waals surface area (Å²) in [4.78, 5) is 32.1. The molecule has 0 unspecified atom stereocenters. The number of aromatic nitrogens is 1. The Morgan fingerprint density at radius 2 is 1.70 bits per heavy atom. The van der Waals surface area contributed by atoms with E-state index in [1.54, 1.807) is 18.1 Å². The molecular weight excluding hydrogens is 290 g/mol. The van der Waals surface area contributed by atoms with E-state index in [1.165, 1.54) is 0 Å². The Morgan fingerprint density at radius 3 is 2.26 bits per heavy atom. The lowest BCUT2D eigenvalue weighted by molar-refractivity contribution is -0.132. The molecule has 0 aliphatic heterocycles. The van der Waals surface area contributed by atoms with Crippen LogP contribution in [0.1, 0.15) is 51.6 Å². The van der Waals surface area contributed by atoms with Crippen LogP contribution in [0.2, 0.25) is 0 Å². The highest BCUT2D eigenvalue weighted by Gasteiger charge is 2.14. The monoisotopic (exact) mass is 319 g/mol. The third-order valence-electron chi connectivity index (χ3n) is 3.67. The van der Waals surface area contributed by atoms with Crippen molar-refractivity contribution in [3.05, 3.63) is 30.1 Å². The lowest BCUT2D eigenvalue weighted by Gasteiger charge is -2.21. The maximum atomic E-state index is 12.2. The van der Waals surface area contributed by atoms with E-state index < -0.39 is 0 Å². The Bertz CT molecular complexity index is 470. The van der Waals surface area contributed by atoms with E-state index in [4.69, 9.17) is 0 Å². The van der Waals surface area contributed by atoms with E-state index in [1.807, 2.05) is 23.1 Å². The number of amides is 2. The minimum atomic E-state index is 0.0565. The second kappa shape index (κ2) is 10.8. The van der Waals surface area contributed by atoms with Crippen LogP contribution in [0.4, 0.5) is 0 Å². The van der Waals surface area contributed by atoms with Gasteiger partial charge in [-0.25, -0.2) is 0 Å². The van der Waals surface area contributed by atoms with Gasteiger partial charge in [0.2, 0.25) is 11.8 Å².